The number of ether oxygens (including phenoxy) is 6. The minimum absolute atomic E-state index is 0.0336. The molecule has 0 amide bonds. The Morgan fingerprint density at radius 3 is 2.15 bits per heavy atom. The molecule has 11 nitrogen and oxygen atoms in total. The van der Waals surface area contributed by atoms with Gasteiger partial charge in [0, 0.05) is 45.6 Å². The Morgan fingerprint density at radius 2 is 1.56 bits per heavy atom. The molecule has 0 N–H and O–H groups in total. The zero-order chi connectivity index (χ0) is 28.9. The second-order valence-electron chi connectivity index (χ2n) is 8.79. The van der Waals surface area contributed by atoms with E-state index in [1.165, 1.54) is 44.4 Å². The van der Waals surface area contributed by atoms with Crippen LogP contribution < -0.4 is 29.1 Å². The Hall–Kier alpha value is -4.64. The molecule has 0 bridgehead atoms. The van der Waals surface area contributed by atoms with Gasteiger partial charge in [0.2, 0.25) is 11.2 Å². The molecule has 0 aliphatic carbocycles. The molecule has 3 aromatic rings. The Morgan fingerprint density at radius 1 is 0.923 bits per heavy atom. The SMILES string of the molecule is C=CC(C)(C)Oc1cc(-c2oc3cc(OCOC)cc(OC(C)=O)c3c(=O)c2OC(C)=O)ccc1OC(C)=O. The molecule has 1 heterocycles. The number of carbonyl (C=O) groups is 3. The van der Waals surface area contributed by atoms with Crippen LogP contribution in [0.3, 0.4) is 0 Å². The lowest BCUT2D eigenvalue weighted by molar-refractivity contribution is -0.133. The van der Waals surface area contributed by atoms with Crippen LogP contribution in [-0.4, -0.2) is 37.4 Å². The second kappa shape index (κ2) is 11.8. The molecule has 0 saturated carbocycles. The average molecular weight is 541 g/mol. The van der Waals surface area contributed by atoms with Crippen molar-refractivity contribution < 1.29 is 47.2 Å². The first-order valence-corrected chi connectivity index (χ1v) is 11.6. The summed E-state index contributed by atoms with van der Waals surface area (Å²) in [6.07, 6.45) is 1.55. The molecule has 0 aliphatic rings. The van der Waals surface area contributed by atoms with E-state index in [0.29, 0.717) is 0 Å². The number of rotatable bonds is 10. The van der Waals surface area contributed by atoms with Crippen molar-refractivity contribution in [2.75, 3.05) is 13.9 Å². The predicted molar refractivity (Wildman–Crippen MR) is 139 cm³/mol. The van der Waals surface area contributed by atoms with Gasteiger partial charge in [-0.3, -0.25) is 19.2 Å². The number of fused-ring (bicyclic) bond motifs is 1. The molecule has 11 heteroatoms. The van der Waals surface area contributed by atoms with Crippen molar-refractivity contribution in [3.63, 3.8) is 0 Å². The lowest BCUT2D eigenvalue weighted by Gasteiger charge is -2.24. The number of esters is 3. The lowest BCUT2D eigenvalue weighted by Crippen LogP contribution is -2.25. The smallest absolute Gasteiger partial charge is 0.308 e. The van der Waals surface area contributed by atoms with Crippen molar-refractivity contribution in [3.05, 3.63) is 53.2 Å². The van der Waals surface area contributed by atoms with E-state index in [4.69, 9.17) is 32.8 Å². The van der Waals surface area contributed by atoms with Crippen LogP contribution in [0.5, 0.6) is 28.7 Å². The molecule has 0 fully saturated rings. The fraction of sp³-hybridized carbons (Fsp3) is 0.286. The zero-order valence-corrected chi connectivity index (χ0v) is 22.4. The van der Waals surface area contributed by atoms with Gasteiger partial charge < -0.3 is 32.8 Å². The summed E-state index contributed by atoms with van der Waals surface area (Å²) in [6.45, 7) is 10.6. The summed E-state index contributed by atoms with van der Waals surface area (Å²) in [4.78, 5) is 49.1. The van der Waals surface area contributed by atoms with E-state index in [0.717, 1.165) is 13.8 Å². The van der Waals surface area contributed by atoms with Gasteiger partial charge in [-0.25, -0.2) is 0 Å². The van der Waals surface area contributed by atoms with Crippen LogP contribution in [0, 0.1) is 0 Å². The number of hydrogen-bond acceptors (Lipinski definition) is 11. The molecule has 0 aliphatic heterocycles. The Balaban J connectivity index is 2.36. The van der Waals surface area contributed by atoms with Crippen molar-refractivity contribution in [1.82, 2.24) is 0 Å². The normalized spacial score (nSPS) is 11.0. The Labute approximate surface area is 223 Å². The predicted octanol–water partition coefficient (Wildman–Crippen LogP) is 4.56. The molecular weight excluding hydrogens is 512 g/mol. The summed E-state index contributed by atoms with van der Waals surface area (Å²) in [5, 5.41) is -0.157. The number of hydrogen-bond donors (Lipinski definition) is 0. The van der Waals surface area contributed by atoms with Gasteiger partial charge in [-0.2, -0.15) is 0 Å². The molecule has 0 radical (unpaired) electrons. The van der Waals surface area contributed by atoms with Gasteiger partial charge in [0.1, 0.15) is 28.1 Å². The van der Waals surface area contributed by atoms with Gasteiger partial charge >= 0.3 is 17.9 Å². The first-order valence-electron chi connectivity index (χ1n) is 11.6. The molecule has 0 spiro atoms. The summed E-state index contributed by atoms with van der Waals surface area (Å²) in [5.74, 6) is -2.43. The summed E-state index contributed by atoms with van der Waals surface area (Å²) in [5.41, 5.74) is -1.45. The number of benzene rings is 2. The summed E-state index contributed by atoms with van der Waals surface area (Å²) < 4.78 is 38.2. The second-order valence-corrected chi connectivity index (χ2v) is 8.79. The molecule has 3 rings (SSSR count). The third-order valence-electron chi connectivity index (χ3n) is 5.06. The van der Waals surface area contributed by atoms with Crippen molar-refractivity contribution in [3.8, 4) is 40.1 Å². The summed E-state index contributed by atoms with van der Waals surface area (Å²) in [6, 6.07) is 7.10. The first-order chi connectivity index (χ1) is 18.3. The fourth-order valence-corrected chi connectivity index (χ4v) is 3.41. The van der Waals surface area contributed by atoms with E-state index >= 15 is 0 Å². The molecular formula is C28H28O11. The maximum absolute atomic E-state index is 13.7. The maximum Gasteiger partial charge on any atom is 0.308 e. The van der Waals surface area contributed by atoms with Crippen LogP contribution in [-0.2, 0) is 19.1 Å². The average Bonchev–Trinajstić information content (AvgIpc) is 2.84. The largest absolute Gasteiger partial charge is 0.480 e. The third-order valence-corrected chi connectivity index (χ3v) is 5.06. The highest BCUT2D eigenvalue weighted by Crippen LogP contribution is 2.40. The monoisotopic (exact) mass is 540 g/mol. The van der Waals surface area contributed by atoms with E-state index in [2.05, 4.69) is 6.58 Å². The van der Waals surface area contributed by atoms with Crippen molar-refractivity contribution in [2.24, 2.45) is 0 Å². The lowest BCUT2D eigenvalue weighted by atomic mass is 10.1. The van der Waals surface area contributed by atoms with E-state index in [9.17, 15) is 19.2 Å². The highest BCUT2D eigenvalue weighted by Gasteiger charge is 2.26. The molecule has 1 aromatic heterocycles. The van der Waals surface area contributed by atoms with E-state index in [-0.39, 0.29) is 52.1 Å². The number of carbonyl (C=O) groups excluding carboxylic acids is 3. The van der Waals surface area contributed by atoms with Crippen molar-refractivity contribution >= 4 is 28.9 Å². The quantitative estimate of drug-likeness (QED) is 0.155. The highest BCUT2D eigenvalue weighted by atomic mass is 16.7. The Kier molecular flexibility index (Phi) is 8.77. The molecule has 2 aromatic carbocycles. The van der Waals surface area contributed by atoms with Crippen LogP contribution in [0.4, 0.5) is 0 Å². The Bertz CT molecular complexity index is 1500. The van der Waals surface area contributed by atoms with Crippen LogP contribution in [0.2, 0.25) is 0 Å². The van der Waals surface area contributed by atoms with Gasteiger partial charge in [0.05, 0.1) is 0 Å². The van der Waals surface area contributed by atoms with Crippen molar-refractivity contribution in [1.29, 1.82) is 0 Å². The van der Waals surface area contributed by atoms with Crippen molar-refractivity contribution in [2.45, 2.75) is 40.2 Å². The van der Waals surface area contributed by atoms with Gasteiger partial charge in [-0.1, -0.05) is 6.58 Å². The minimum Gasteiger partial charge on any atom is -0.480 e. The summed E-state index contributed by atoms with van der Waals surface area (Å²) >= 11 is 0. The van der Waals surface area contributed by atoms with E-state index in [1.807, 2.05) is 0 Å². The third kappa shape index (κ3) is 7.02. The van der Waals surface area contributed by atoms with Gasteiger partial charge in [0.25, 0.3) is 0 Å². The standard InChI is InChI=1S/C28H28O11/c1-8-28(5,6)39-21-11-18(9-10-20(21)35-15(2)29)26-27(37-17(4)31)25(32)24-22(36-16(3)30)12-19(34-14-33-7)13-23(24)38-26/h8-13H,1,14H2,2-7H3. The highest BCUT2D eigenvalue weighted by molar-refractivity contribution is 5.91. The molecule has 39 heavy (non-hydrogen) atoms. The molecule has 0 saturated heterocycles. The zero-order valence-electron chi connectivity index (χ0n) is 22.4. The van der Waals surface area contributed by atoms with Crippen LogP contribution in [0.25, 0.3) is 22.3 Å². The maximum atomic E-state index is 13.7. The van der Waals surface area contributed by atoms with E-state index < -0.39 is 34.7 Å². The first kappa shape index (κ1) is 28.9. The summed E-state index contributed by atoms with van der Waals surface area (Å²) in [7, 11) is 1.42. The van der Waals surface area contributed by atoms with Crippen LogP contribution in [0.15, 0.2) is 52.2 Å². The minimum atomic E-state index is -0.872. The van der Waals surface area contributed by atoms with Gasteiger partial charge in [0.15, 0.2) is 24.1 Å². The molecule has 0 unspecified atom stereocenters. The fourth-order valence-electron chi connectivity index (χ4n) is 3.41. The van der Waals surface area contributed by atoms with Crippen LogP contribution in [0.1, 0.15) is 34.6 Å². The van der Waals surface area contributed by atoms with Crippen LogP contribution >= 0.6 is 0 Å². The topological polar surface area (TPSA) is 137 Å². The van der Waals surface area contributed by atoms with Gasteiger partial charge in [-0.15, -0.1) is 0 Å². The van der Waals surface area contributed by atoms with E-state index in [1.54, 1.807) is 19.9 Å². The molecule has 206 valence electrons. The number of methoxy groups -OCH3 is 1. The van der Waals surface area contributed by atoms with Gasteiger partial charge in [-0.05, 0) is 38.1 Å². The molecule has 0 atom stereocenters.